The number of nitrogens with two attached hydrogens (primary N) is 8. The first-order valence-electron chi connectivity index (χ1n) is 35.0. The fourth-order valence-electron chi connectivity index (χ4n) is 9.89. The highest BCUT2D eigenvalue weighted by atomic mass is 33.1. The lowest BCUT2D eigenvalue weighted by molar-refractivity contribution is -0.142. The number of aliphatic hydroxyl groups excluding tert-OH is 2. The molecule has 44 nitrogen and oxygen atoms in total. The van der Waals surface area contributed by atoms with Gasteiger partial charge in [-0.25, -0.2) is 0 Å². The molecule has 1 aliphatic rings. The summed E-state index contributed by atoms with van der Waals surface area (Å²) in [4.78, 5) is 231. The zero-order valence-corrected chi connectivity index (χ0v) is 63.4. The number of carboxylic acid groups (broad SMARTS) is 1. The van der Waals surface area contributed by atoms with E-state index in [9.17, 15) is 92.0 Å². The average Bonchev–Trinajstić information content (AvgIpc) is 0.847. The molecule has 15 amide bonds. The lowest BCUT2D eigenvalue weighted by atomic mass is 9.96. The Morgan fingerprint density at radius 2 is 0.982 bits per heavy atom. The number of rotatable bonds is 29. The Morgan fingerprint density at radius 1 is 0.518 bits per heavy atom. The van der Waals surface area contributed by atoms with E-state index in [-0.39, 0.29) is 101 Å². The number of amides is 15. The smallest absolute Gasteiger partial charge is 0.305 e. The lowest BCUT2D eigenvalue weighted by Gasteiger charge is -2.29. The van der Waals surface area contributed by atoms with Crippen molar-refractivity contribution in [3.8, 4) is 0 Å². The van der Waals surface area contributed by atoms with Gasteiger partial charge in [-0.15, -0.1) is 0 Å². The summed E-state index contributed by atoms with van der Waals surface area (Å²) in [6, 6.07) is -11.2. The number of carbonyl (C=O) groups is 16. The number of aliphatic imine (C=N–C) groups is 3. The SMILES string of the molecule is CC[C@H](C)[C@@H]1NC(=O)[C@H](CCCN=C(N)N)NC(=O)[C@H](CC(=O)O)NC(=O)[C@H]([C@@H](C)CC)NC(=O)[C@H](CCCN=C(N)N)NC(=O)CNC(=O)CNC(=O)[C@H](Cc2ccccc2)NC(=O)[C@@H](NC(=O)[C@@H](CO)NC(=O)[C@@H](CO)NC(=O)[C@H](N)CCCN=C(N)N)CSSC[C@@H](C(N)=O)NC(=O)[C@H](C)NC(=O)CNC1=O. The van der Waals surface area contributed by atoms with Gasteiger partial charge in [0, 0.05) is 37.6 Å². The first kappa shape index (κ1) is 95.2. The first-order chi connectivity index (χ1) is 51.9. The molecule has 1 aliphatic heterocycles. The van der Waals surface area contributed by atoms with Gasteiger partial charge in [0.05, 0.1) is 45.3 Å². The van der Waals surface area contributed by atoms with Gasteiger partial charge in [-0.3, -0.25) is 91.7 Å². The van der Waals surface area contributed by atoms with Gasteiger partial charge in [0.1, 0.15) is 66.5 Å². The van der Waals surface area contributed by atoms with Gasteiger partial charge >= 0.3 is 5.97 Å². The van der Waals surface area contributed by atoms with Gasteiger partial charge < -0.3 is 136 Å². The molecule has 0 unspecified atom stereocenters. The average molecular weight is 1590 g/mol. The molecule has 0 aromatic heterocycles. The fraction of sp³-hybridized carbons (Fsp3) is 0.609. The molecule has 33 N–H and O–H groups in total. The van der Waals surface area contributed by atoms with Crippen LogP contribution in [-0.4, -0.2) is 264 Å². The number of aliphatic carboxylic acids is 1. The Bertz CT molecular complexity index is 3400. The van der Waals surface area contributed by atoms with Crippen LogP contribution in [0.2, 0.25) is 0 Å². The third-order valence-corrected chi connectivity index (χ3v) is 19.0. The van der Waals surface area contributed by atoms with Crippen molar-refractivity contribution in [1.82, 2.24) is 74.4 Å². The minimum absolute atomic E-state index is 0.00703. The number of guanidine groups is 3. The highest BCUT2D eigenvalue weighted by molar-refractivity contribution is 8.76. The van der Waals surface area contributed by atoms with Crippen LogP contribution in [0.1, 0.15) is 98.0 Å². The number of benzene rings is 1. The van der Waals surface area contributed by atoms with Gasteiger partial charge in [0.15, 0.2) is 17.9 Å². The molecule has 1 aromatic carbocycles. The second kappa shape index (κ2) is 50.7. The van der Waals surface area contributed by atoms with Crippen LogP contribution < -0.4 is 120 Å². The Kier molecular flexibility index (Phi) is 43.9. The summed E-state index contributed by atoms with van der Waals surface area (Å²) < 4.78 is 0. The third-order valence-electron chi connectivity index (χ3n) is 16.5. The van der Waals surface area contributed by atoms with E-state index in [2.05, 4.69) is 89.4 Å². The molecule has 0 radical (unpaired) electrons. The predicted molar refractivity (Wildman–Crippen MR) is 403 cm³/mol. The van der Waals surface area contributed by atoms with Crippen LogP contribution in [0.25, 0.3) is 0 Å². The number of nitrogens with one attached hydrogen (secondary N) is 14. The van der Waals surface area contributed by atoms with Gasteiger partial charge in [0.2, 0.25) is 88.6 Å². The number of hydrogen-bond acceptors (Lipinski definition) is 24. The molecule has 46 heteroatoms. The maximum atomic E-state index is 14.6. The number of aliphatic hydroxyl groups is 2. The number of nitrogens with zero attached hydrogens (tertiary/aromatic N) is 3. The van der Waals surface area contributed by atoms with E-state index in [1.54, 1.807) is 51.1 Å². The standard InChI is InChI=1S/C64H107N25O19S2/c1-6-31(3)48-60(107)78-26-45(93)79-33(5)51(98)86-42(50(66)97)29-109-110-30-43(87-58(105)41(28-91)85-57(104)40(27-90)84-52(99)35(65)16-11-19-73-62(67)68)59(106)82-38(22-34-14-9-8-10-15-34)53(100)77-24-44(92)76-25-46(94)80-36(17-12-20-74-63(69)70)54(101)89-49(32(4)7-2)61(108)83-39(23-47(95)96)56(103)81-37(55(102)88-48)18-13-21-75-64(71)72/h8-10,14-15,31-33,35-43,48-49,90-91H,6-7,11-13,16-30,65H2,1-5H3,(H2,66,97)(H,76,92)(H,77,100)(H,78,107)(H,79,93)(H,80,94)(H,81,103)(H,82,106)(H,83,108)(H,84,99)(H,85,104)(H,86,98)(H,87,105)(H,88,102)(H,89,101)(H,95,96)(H4,67,68,73)(H4,69,70,74)(H4,71,72,75)/t31-,32-,33-,35+,36-,37-,38-,39-,40+,41+,42-,43-,48-,49-/m0/s1. The van der Waals surface area contributed by atoms with Crippen molar-refractivity contribution >= 4 is 134 Å². The monoisotopic (exact) mass is 1590 g/mol. The predicted octanol–water partition coefficient (Wildman–Crippen LogP) is -11.1. The quantitative estimate of drug-likeness (QED) is 0.0153. The van der Waals surface area contributed by atoms with Crippen molar-refractivity contribution in [2.75, 3.05) is 64.0 Å². The fourth-order valence-corrected chi connectivity index (χ4v) is 12.2. The van der Waals surface area contributed by atoms with Crippen molar-refractivity contribution in [1.29, 1.82) is 0 Å². The molecule has 614 valence electrons. The highest BCUT2D eigenvalue weighted by Crippen LogP contribution is 2.24. The van der Waals surface area contributed by atoms with E-state index in [1.165, 1.54) is 13.8 Å². The van der Waals surface area contributed by atoms with Crippen molar-refractivity contribution in [3.63, 3.8) is 0 Å². The lowest BCUT2D eigenvalue weighted by Crippen LogP contribution is -2.61. The molecule has 0 bridgehead atoms. The maximum Gasteiger partial charge on any atom is 0.305 e. The van der Waals surface area contributed by atoms with Crippen molar-refractivity contribution in [2.45, 2.75) is 171 Å². The van der Waals surface area contributed by atoms with Gasteiger partial charge in [0.25, 0.3) is 0 Å². The van der Waals surface area contributed by atoms with Crippen LogP contribution in [0.4, 0.5) is 0 Å². The van der Waals surface area contributed by atoms with Crippen LogP contribution in [0.15, 0.2) is 45.3 Å². The third kappa shape index (κ3) is 36.8. The van der Waals surface area contributed by atoms with E-state index in [1.807, 2.05) is 0 Å². The number of carbonyl (C=O) groups excluding carboxylic acids is 15. The van der Waals surface area contributed by atoms with E-state index in [0.29, 0.717) is 5.56 Å². The largest absolute Gasteiger partial charge is 0.481 e. The summed E-state index contributed by atoms with van der Waals surface area (Å²) in [6.45, 7) is 2.88. The first-order valence-corrected chi connectivity index (χ1v) is 37.5. The second-order valence-corrected chi connectivity index (χ2v) is 27.9. The molecule has 1 fully saturated rings. The van der Waals surface area contributed by atoms with E-state index in [4.69, 9.17) is 45.9 Å². The molecule has 1 saturated heterocycles. The molecule has 0 saturated carbocycles. The molecular formula is C64H107N25O19S2. The van der Waals surface area contributed by atoms with Crippen LogP contribution >= 0.6 is 21.6 Å². The molecule has 2 rings (SSSR count). The zero-order chi connectivity index (χ0) is 82.7. The normalized spacial score (nSPS) is 22.6. The topological polar surface area (TPSA) is 747 Å². The number of primary amides is 1. The molecule has 1 aromatic rings. The van der Waals surface area contributed by atoms with Crippen LogP contribution in [-0.2, 0) is 83.1 Å². The summed E-state index contributed by atoms with van der Waals surface area (Å²) in [7, 11) is 1.60. The van der Waals surface area contributed by atoms with Crippen molar-refractivity contribution in [3.05, 3.63) is 35.9 Å². The zero-order valence-electron chi connectivity index (χ0n) is 61.8. The molecule has 0 spiro atoms. The van der Waals surface area contributed by atoms with E-state index < -0.39 is 224 Å². The van der Waals surface area contributed by atoms with Gasteiger partial charge in [-0.05, 0) is 62.8 Å². The molecule has 14 atom stereocenters. The maximum absolute atomic E-state index is 14.6. The molecule has 110 heavy (non-hydrogen) atoms. The van der Waals surface area contributed by atoms with E-state index >= 15 is 0 Å². The summed E-state index contributed by atoms with van der Waals surface area (Å²) >= 11 is 0. The van der Waals surface area contributed by atoms with Crippen LogP contribution in [0.5, 0.6) is 0 Å². The minimum Gasteiger partial charge on any atom is -0.481 e. The Morgan fingerprint density at radius 3 is 1.52 bits per heavy atom. The molecule has 1 heterocycles. The second-order valence-electron chi connectivity index (χ2n) is 25.4. The number of carboxylic acids is 1. The van der Waals surface area contributed by atoms with Crippen molar-refractivity contribution < 1.29 is 92.0 Å². The van der Waals surface area contributed by atoms with Gasteiger partial charge in [-0.1, -0.05) is 92.5 Å². The van der Waals surface area contributed by atoms with E-state index in [0.717, 1.165) is 21.6 Å². The van der Waals surface area contributed by atoms with Crippen LogP contribution in [0.3, 0.4) is 0 Å². The van der Waals surface area contributed by atoms with Crippen LogP contribution in [0, 0.1) is 11.8 Å². The minimum atomic E-state index is -1.95. The van der Waals surface area contributed by atoms with Crippen molar-refractivity contribution in [2.24, 2.45) is 72.7 Å². The highest BCUT2D eigenvalue weighted by Gasteiger charge is 2.38. The Hall–Kier alpha value is -10.9. The summed E-state index contributed by atoms with van der Waals surface area (Å²) in [5.74, 6) is -20.5. The van der Waals surface area contributed by atoms with Gasteiger partial charge in [-0.2, -0.15) is 0 Å². The Labute approximate surface area is 641 Å². The molecule has 0 aliphatic carbocycles. The molecular weight excluding hydrogens is 1490 g/mol. The summed E-state index contributed by atoms with van der Waals surface area (Å²) in [5, 5.41) is 64.0. The Balaban J connectivity index is 2.78. The summed E-state index contributed by atoms with van der Waals surface area (Å²) in [5.41, 5.74) is 44.8. The number of hydrogen-bond donors (Lipinski definition) is 25. The summed E-state index contributed by atoms with van der Waals surface area (Å²) in [6.07, 6.45) is -1.14.